The Hall–Kier alpha value is -0.510. The quantitative estimate of drug-likeness (QED) is 0.759. The van der Waals surface area contributed by atoms with E-state index in [2.05, 4.69) is 43.4 Å². The van der Waals surface area contributed by atoms with Gasteiger partial charge in [0.2, 0.25) is 0 Å². The van der Waals surface area contributed by atoms with E-state index in [0.29, 0.717) is 12.0 Å². The summed E-state index contributed by atoms with van der Waals surface area (Å²) in [6, 6.07) is 9.54. The van der Waals surface area contributed by atoms with E-state index in [-0.39, 0.29) is 0 Å². The number of ether oxygens (including phenoxy) is 1. The summed E-state index contributed by atoms with van der Waals surface area (Å²) >= 11 is 1.90. The molecule has 0 saturated carbocycles. The van der Waals surface area contributed by atoms with Gasteiger partial charge in [0.05, 0.1) is 6.61 Å². The summed E-state index contributed by atoms with van der Waals surface area (Å²) in [5, 5.41) is 3.72. The topological polar surface area (TPSA) is 21.3 Å². The second-order valence-electron chi connectivity index (χ2n) is 5.41. The van der Waals surface area contributed by atoms with Crippen molar-refractivity contribution in [1.82, 2.24) is 5.32 Å². The molecule has 2 atom stereocenters. The van der Waals surface area contributed by atoms with Crippen molar-refractivity contribution in [3.8, 4) is 0 Å². The minimum Gasteiger partial charge on any atom is -0.381 e. The van der Waals surface area contributed by atoms with Crippen molar-refractivity contribution in [2.24, 2.45) is 5.92 Å². The van der Waals surface area contributed by atoms with E-state index >= 15 is 0 Å². The van der Waals surface area contributed by atoms with Crippen LogP contribution in [-0.2, 0) is 4.74 Å². The molecule has 0 spiro atoms. The predicted molar refractivity (Wildman–Crippen MR) is 87.4 cm³/mol. The van der Waals surface area contributed by atoms with Gasteiger partial charge in [-0.2, -0.15) is 0 Å². The highest BCUT2D eigenvalue weighted by Crippen LogP contribution is 2.30. The van der Waals surface area contributed by atoms with Crippen LogP contribution in [0.5, 0.6) is 0 Å². The Bertz CT molecular complexity index is 373. The molecule has 2 rings (SSSR count). The lowest BCUT2D eigenvalue weighted by molar-refractivity contribution is 0.0390. The molecular weight excluding hydrogens is 266 g/mol. The number of nitrogens with one attached hydrogen (secondary N) is 1. The maximum absolute atomic E-state index is 5.68. The molecule has 0 bridgehead atoms. The summed E-state index contributed by atoms with van der Waals surface area (Å²) in [4.78, 5) is 1.37. The zero-order valence-electron chi connectivity index (χ0n) is 12.7. The lowest BCUT2D eigenvalue weighted by atomic mass is 9.88. The minimum absolute atomic E-state index is 0.441. The smallest absolute Gasteiger partial charge is 0.0512 e. The molecule has 1 heterocycles. The fraction of sp³-hybridized carbons (Fsp3) is 0.647. The predicted octanol–water partition coefficient (Wildman–Crippen LogP) is 4.27. The van der Waals surface area contributed by atoms with E-state index < -0.39 is 0 Å². The highest BCUT2D eigenvalue weighted by atomic mass is 32.2. The minimum atomic E-state index is 0.441. The Labute approximate surface area is 127 Å². The van der Waals surface area contributed by atoms with E-state index in [0.717, 1.165) is 25.5 Å². The maximum atomic E-state index is 5.68. The molecule has 1 aromatic rings. The highest BCUT2D eigenvalue weighted by molar-refractivity contribution is 7.99. The average molecular weight is 293 g/mol. The van der Waals surface area contributed by atoms with Gasteiger partial charge in [0.25, 0.3) is 0 Å². The molecule has 1 fully saturated rings. The first-order valence-corrected chi connectivity index (χ1v) is 8.87. The molecule has 1 aliphatic heterocycles. The Morgan fingerprint density at radius 2 is 2.10 bits per heavy atom. The van der Waals surface area contributed by atoms with Crippen LogP contribution in [-0.4, -0.2) is 25.5 Å². The number of benzene rings is 1. The number of thioether (sulfide) groups is 1. The first-order chi connectivity index (χ1) is 9.85. The monoisotopic (exact) mass is 293 g/mol. The van der Waals surface area contributed by atoms with Gasteiger partial charge in [-0.15, -0.1) is 11.8 Å². The lowest BCUT2D eigenvalue weighted by Crippen LogP contribution is -2.33. The molecule has 0 amide bonds. The van der Waals surface area contributed by atoms with Crippen LogP contribution in [0.15, 0.2) is 29.2 Å². The van der Waals surface area contributed by atoms with Gasteiger partial charge in [0, 0.05) is 23.5 Å². The molecule has 20 heavy (non-hydrogen) atoms. The van der Waals surface area contributed by atoms with Crippen molar-refractivity contribution in [2.75, 3.05) is 25.5 Å². The Balaban J connectivity index is 2.07. The molecule has 2 nitrogen and oxygen atoms in total. The molecule has 0 aromatic heterocycles. The van der Waals surface area contributed by atoms with E-state index in [1.807, 2.05) is 11.8 Å². The molecule has 3 heteroatoms. The zero-order chi connectivity index (χ0) is 14.2. The van der Waals surface area contributed by atoms with Gasteiger partial charge in [-0.25, -0.2) is 0 Å². The van der Waals surface area contributed by atoms with Gasteiger partial charge in [0.15, 0.2) is 0 Å². The van der Waals surface area contributed by atoms with Gasteiger partial charge >= 0.3 is 0 Å². The second-order valence-corrected chi connectivity index (χ2v) is 6.75. The van der Waals surface area contributed by atoms with Gasteiger partial charge in [-0.3, -0.25) is 0 Å². The molecular formula is C17H27NOS. The first-order valence-electron chi connectivity index (χ1n) is 7.89. The Kier molecular flexibility index (Phi) is 6.91. The van der Waals surface area contributed by atoms with Gasteiger partial charge in [-0.05, 0) is 49.3 Å². The normalized spacial score (nSPS) is 20.8. The van der Waals surface area contributed by atoms with Crippen molar-refractivity contribution in [3.63, 3.8) is 0 Å². The van der Waals surface area contributed by atoms with Gasteiger partial charge in [0.1, 0.15) is 0 Å². The number of rotatable bonds is 7. The van der Waals surface area contributed by atoms with Crippen molar-refractivity contribution in [1.29, 1.82) is 0 Å². The molecule has 0 aliphatic carbocycles. The summed E-state index contributed by atoms with van der Waals surface area (Å²) in [6.45, 7) is 7.33. The Morgan fingerprint density at radius 3 is 2.70 bits per heavy atom. The van der Waals surface area contributed by atoms with Gasteiger partial charge < -0.3 is 10.1 Å². The van der Waals surface area contributed by atoms with Crippen molar-refractivity contribution in [3.05, 3.63) is 29.8 Å². The maximum Gasteiger partial charge on any atom is 0.0512 e. The summed E-state index contributed by atoms with van der Waals surface area (Å²) in [5.74, 6) is 1.74. The molecule has 1 N–H and O–H groups in total. The molecule has 0 radical (unpaired) electrons. The van der Waals surface area contributed by atoms with Crippen LogP contribution in [0.3, 0.4) is 0 Å². The summed E-state index contributed by atoms with van der Waals surface area (Å²) in [6.07, 6.45) is 3.64. The summed E-state index contributed by atoms with van der Waals surface area (Å²) in [5.41, 5.74) is 1.41. The van der Waals surface area contributed by atoms with E-state index in [1.54, 1.807) is 0 Å². The van der Waals surface area contributed by atoms with Crippen LogP contribution in [0.25, 0.3) is 0 Å². The highest BCUT2D eigenvalue weighted by Gasteiger charge is 2.25. The van der Waals surface area contributed by atoms with Crippen LogP contribution in [0.4, 0.5) is 0 Å². The van der Waals surface area contributed by atoms with Crippen molar-refractivity contribution < 1.29 is 4.74 Å². The third kappa shape index (κ3) is 4.51. The third-order valence-electron chi connectivity index (χ3n) is 3.83. The van der Waals surface area contributed by atoms with E-state index in [4.69, 9.17) is 4.74 Å². The zero-order valence-corrected chi connectivity index (χ0v) is 13.5. The third-order valence-corrected chi connectivity index (χ3v) is 4.73. The number of hydrogen-bond acceptors (Lipinski definition) is 3. The van der Waals surface area contributed by atoms with E-state index in [1.165, 1.54) is 29.7 Å². The van der Waals surface area contributed by atoms with E-state index in [9.17, 15) is 0 Å². The van der Waals surface area contributed by atoms with Crippen LogP contribution >= 0.6 is 11.8 Å². The second kappa shape index (κ2) is 8.71. The SMILES string of the molecule is CCCNC(c1ccc(SCC)cc1)C1CCCOC1. The van der Waals surface area contributed by atoms with Crippen LogP contribution in [0.2, 0.25) is 0 Å². The summed E-state index contributed by atoms with van der Waals surface area (Å²) in [7, 11) is 0. The Morgan fingerprint density at radius 1 is 1.30 bits per heavy atom. The lowest BCUT2D eigenvalue weighted by Gasteiger charge is -2.31. The largest absolute Gasteiger partial charge is 0.381 e. The standard InChI is InChI=1S/C17H27NOS/c1-3-11-18-17(15-6-5-12-19-13-15)14-7-9-16(10-8-14)20-4-2/h7-10,15,17-18H,3-6,11-13H2,1-2H3. The van der Waals surface area contributed by atoms with Crippen LogP contribution in [0.1, 0.15) is 44.7 Å². The first kappa shape index (κ1) is 15.9. The van der Waals surface area contributed by atoms with Crippen molar-refractivity contribution >= 4 is 11.8 Å². The van der Waals surface area contributed by atoms with Crippen molar-refractivity contribution in [2.45, 2.75) is 44.0 Å². The molecule has 1 aliphatic rings. The molecule has 1 saturated heterocycles. The van der Waals surface area contributed by atoms with Crippen LogP contribution < -0.4 is 5.32 Å². The molecule has 112 valence electrons. The number of hydrogen-bond donors (Lipinski definition) is 1. The molecule has 2 unspecified atom stereocenters. The fourth-order valence-corrected chi connectivity index (χ4v) is 3.48. The van der Waals surface area contributed by atoms with Crippen LogP contribution in [0, 0.1) is 5.92 Å². The molecule has 1 aromatic carbocycles. The average Bonchev–Trinajstić information content (AvgIpc) is 2.51. The summed E-state index contributed by atoms with van der Waals surface area (Å²) < 4.78 is 5.68. The van der Waals surface area contributed by atoms with Gasteiger partial charge in [-0.1, -0.05) is 26.0 Å². The fourth-order valence-electron chi connectivity index (χ4n) is 2.82.